The molecule has 8 heteroatoms. The molecular weight excluding hydrogens is 373 g/mol. The van der Waals surface area contributed by atoms with E-state index < -0.39 is 11.7 Å². The molecule has 0 atom stereocenters. The number of aromatic nitrogens is 4. The molecule has 0 bridgehead atoms. The fourth-order valence-electron chi connectivity index (χ4n) is 2.76. The van der Waals surface area contributed by atoms with Gasteiger partial charge >= 0.3 is 0 Å². The first kappa shape index (κ1) is 18.3. The smallest absolute Gasteiger partial charge is 0.274 e. The van der Waals surface area contributed by atoms with Crippen molar-refractivity contribution in [2.45, 2.75) is 6.92 Å². The van der Waals surface area contributed by atoms with Gasteiger partial charge in [-0.1, -0.05) is 36.4 Å². The van der Waals surface area contributed by atoms with Crippen LogP contribution in [0, 0.1) is 12.7 Å². The van der Waals surface area contributed by atoms with Crippen LogP contribution in [0.1, 0.15) is 11.3 Å². The van der Waals surface area contributed by atoms with Crippen LogP contribution in [0.4, 0.5) is 10.1 Å². The largest absolute Gasteiger partial charge is 0.465 e. The van der Waals surface area contributed by atoms with Crippen LogP contribution in [-0.2, 0) is 4.79 Å². The molecule has 0 aliphatic heterocycles. The first-order valence-corrected chi connectivity index (χ1v) is 8.79. The van der Waals surface area contributed by atoms with Crippen molar-refractivity contribution in [3.05, 3.63) is 84.1 Å². The topological polar surface area (TPSA) is 85.8 Å². The van der Waals surface area contributed by atoms with Gasteiger partial charge in [0.15, 0.2) is 5.82 Å². The third-order valence-corrected chi connectivity index (χ3v) is 4.23. The van der Waals surface area contributed by atoms with Crippen LogP contribution < -0.4 is 5.32 Å². The molecule has 0 saturated carbocycles. The molecule has 7 nitrogen and oxygen atoms in total. The maximum atomic E-state index is 13.6. The minimum absolute atomic E-state index is 0.118. The second kappa shape index (κ2) is 7.89. The van der Waals surface area contributed by atoms with Crippen LogP contribution in [0.15, 0.2) is 71.3 Å². The Kier molecular flexibility index (Phi) is 4.98. The molecule has 144 valence electrons. The van der Waals surface area contributed by atoms with E-state index in [2.05, 4.69) is 20.8 Å². The molecule has 2 heterocycles. The standard InChI is InChI=1S/C21H16FN5O2/c1-14-9-10-16(22)12-18(14)23-21(28)19(13-17-8-5-11-29-17)27-20(24-25-26-27)15-6-3-2-4-7-15/h2-13H,1H3,(H,23,28)/b19-13-. The molecule has 29 heavy (non-hydrogen) atoms. The van der Waals surface area contributed by atoms with E-state index >= 15 is 0 Å². The molecule has 2 aromatic carbocycles. The highest BCUT2D eigenvalue weighted by Gasteiger charge is 2.20. The lowest BCUT2D eigenvalue weighted by Gasteiger charge is -2.12. The van der Waals surface area contributed by atoms with Crippen LogP contribution in [0.5, 0.6) is 0 Å². The molecule has 0 aliphatic rings. The van der Waals surface area contributed by atoms with Crippen molar-refractivity contribution >= 4 is 23.4 Å². The van der Waals surface area contributed by atoms with Crippen LogP contribution in [-0.4, -0.2) is 26.1 Å². The number of amides is 1. The van der Waals surface area contributed by atoms with Gasteiger partial charge in [-0.2, -0.15) is 4.68 Å². The average Bonchev–Trinajstić information content (AvgIpc) is 3.41. The van der Waals surface area contributed by atoms with E-state index in [9.17, 15) is 9.18 Å². The van der Waals surface area contributed by atoms with Crippen molar-refractivity contribution in [1.82, 2.24) is 20.2 Å². The lowest BCUT2D eigenvalue weighted by Crippen LogP contribution is -2.20. The van der Waals surface area contributed by atoms with E-state index in [0.29, 0.717) is 17.3 Å². The number of anilines is 1. The predicted octanol–water partition coefficient (Wildman–Crippen LogP) is 4.02. The number of carbonyl (C=O) groups is 1. The Morgan fingerprint density at radius 1 is 1.14 bits per heavy atom. The Bertz CT molecular complexity index is 1170. The monoisotopic (exact) mass is 389 g/mol. The number of carbonyl (C=O) groups excluding carboxylic acids is 1. The van der Waals surface area contributed by atoms with Crippen molar-refractivity contribution in [2.75, 3.05) is 5.32 Å². The zero-order valence-electron chi connectivity index (χ0n) is 15.4. The number of tetrazole rings is 1. The first-order chi connectivity index (χ1) is 14.1. The van der Waals surface area contributed by atoms with E-state index in [4.69, 9.17) is 4.42 Å². The van der Waals surface area contributed by atoms with E-state index in [1.807, 2.05) is 30.3 Å². The van der Waals surface area contributed by atoms with E-state index in [1.54, 1.807) is 25.1 Å². The van der Waals surface area contributed by atoms with Gasteiger partial charge in [-0.3, -0.25) is 4.79 Å². The summed E-state index contributed by atoms with van der Waals surface area (Å²) in [5.74, 6) is -0.135. The van der Waals surface area contributed by atoms with Crippen LogP contribution in [0.3, 0.4) is 0 Å². The van der Waals surface area contributed by atoms with Gasteiger partial charge in [0.25, 0.3) is 5.91 Å². The van der Waals surface area contributed by atoms with Crippen molar-refractivity contribution in [3.8, 4) is 11.4 Å². The van der Waals surface area contributed by atoms with Gasteiger partial charge in [0.1, 0.15) is 17.3 Å². The molecule has 4 aromatic rings. The van der Waals surface area contributed by atoms with Crippen molar-refractivity contribution < 1.29 is 13.6 Å². The summed E-state index contributed by atoms with van der Waals surface area (Å²) in [6.07, 6.45) is 3.02. The molecule has 1 N–H and O–H groups in total. The Morgan fingerprint density at radius 2 is 1.97 bits per heavy atom. The highest BCUT2D eigenvalue weighted by atomic mass is 19.1. The Hall–Kier alpha value is -4.07. The van der Waals surface area contributed by atoms with Crippen molar-refractivity contribution in [2.24, 2.45) is 0 Å². The maximum Gasteiger partial charge on any atom is 0.274 e. The predicted molar refractivity (Wildman–Crippen MR) is 106 cm³/mol. The molecule has 0 unspecified atom stereocenters. The average molecular weight is 389 g/mol. The first-order valence-electron chi connectivity index (χ1n) is 8.79. The van der Waals surface area contributed by atoms with Gasteiger partial charge in [-0.15, -0.1) is 5.10 Å². The summed E-state index contributed by atoms with van der Waals surface area (Å²) >= 11 is 0. The fraction of sp³-hybridized carbons (Fsp3) is 0.0476. The summed E-state index contributed by atoms with van der Waals surface area (Å²) in [6, 6.07) is 16.8. The summed E-state index contributed by atoms with van der Waals surface area (Å²) in [5.41, 5.74) is 1.93. The summed E-state index contributed by atoms with van der Waals surface area (Å²) in [4.78, 5) is 13.1. The van der Waals surface area contributed by atoms with E-state index in [0.717, 1.165) is 11.1 Å². The second-order valence-electron chi connectivity index (χ2n) is 6.24. The molecule has 1 amide bonds. The summed E-state index contributed by atoms with van der Waals surface area (Å²) < 4.78 is 20.3. The van der Waals surface area contributed by atoms with Gasteiger partial charge < -0.3 is 9.73 Å². The maximum absolute atomic E-state index is 13.6. The number of benzene rings is 2. The van der Waals surface area contributed by atoms with Gasteiger partial charge in [0.05, 0.1) is 6.26 Å². The molecule has 0 fully saturated rings. The molecule has 0 aliphatic carbocycles. The Balaban J connectivity index is 1.77. The summed E-state index contributed by atoms with van der Waals surface area (Å²) in [5, 5.41) is 14.5. The highest BCUT2D eigenvalue weighted by Crippen LogP contribution is 2.23. The van der Waals surface area contributed by atoms with Gasteiger partial charge in [-0.25, -0.2) is 4.39 Å². The molecule has 0 radical (unpaired) electrons. The Labute approximate surface area is 165 Å². The van der Waals surface area contributed by atoms with Crippen LogP contribution in [0.2, 0.25) is 0 Å². The lowest BCUT2D eigenvalue weighted by molar-refractivity contribution is -0.111. The van der Waals surface area contributed by atoms with Gasteiger partial charge in [-0.05, 0) is 47.2 Å². The second-order valence-corrected chi connectivity index (χ2v) is 6.24. The normalized spacial score (nSPS) is 11.4. The molecule has 0 saturated heterocycles. The minimum atomic E-state index is -0.514. The lowest BCUT2D eigenvalue weighted by atomic mass is 10.2. The number of aryl methyl sites for hydroxylation is 1. The van der Waals surface area contributed by atoms with Crippen LogP contribution >= 0.6 is 0 Å². The quantitative estimate of drug-likeness (QED) is 0.521. The SMILES string of the molecule is Cc1ccc(F)cc1NC(=O)/C(=C/c1ccco1)n1nnnc1-c1ccccc1. The summed E-state index contributed by atoms with van der Waals surface area (Å²) in [6.45, 7) is 1.78. The number of furan rings is 1. The van der Waals surface area contributed by atoms with E-state index in [1.165, 1.54) is 29.2 Å². The third kappa shape index (κ3) is 3.96. The van der Waals surface area contributed by atoms with Crippen LogP contribution in [0.25, 0.3) is 23.2 Å². The zero-order chi connectivity index (χ0) is 20.2. The third-order valence-electron chi connectivity index (χ3n) is 4.23. The molecular formula is C21H16FN5O2. The van der Waals surface area contributed by atoms with E-state index in [-0.39, 0.29) is 5.70 Å². The number of nitrogens with zero attached hydrogens (tertiary/aromatic N) is 4. The number of halogens is 1. The van der Waals surface area contributed by atoms with Crippen molar-refractivity contribution in [1.29, 1.82) is 0 Å². The highest BCUT2D eigenvalue weighted by molar-refractivity contribution is 6.24. The molecule has 0 spiro atoms. The number of hydrogen-bond donors (Lipinski definition) is 1. The minimum Gasteiger partial charge on any atom is -0.465 e. The number of hydrogen-bond acceptors (Lipinski definition) is 5. The molecule has 2 aromatic heterocycles. The number of rotatable bonds is 5. The van der Waals surface area contributed by atoms with Crippen molar-refractivity contribution in [3.63, 3.8) is 0 Å². The van der Waals surface area contributed by atoms with Gasteiger partial charge in [0, 0.05) is 17.3 Å². The zero-order valence-corrected chi connectivity index (χ0v) is 15.4. The Morgan fingerprint density at radius 3 is 2.72 bits per heavy atom. The number of nitrogens with one attached hydrogen (secondary N) is 1. The fourth-order valence-corrected chi connectivity index (χ4v) is 2.76. The van der Waals surface area contributed by atoms with Gasteiger partial charge in [0.2, 0.25) is 0 Å². The summed E-state index contributed by atoms with van der Waals surface area (Å²) in [7, 11) is 0. The molecule has 4 rings (SSSR count).